The van der Waals surface area contributed by atoms with Crippen LogP contribution in [0.1, 0.15) is 10.4 Å². The van der Waals surface area contributed by atoms with Gasteiger partial charge in [0, 0.05) is 22.9 Å². The summed E-state index contributed by atoms with van der Waals surface area (Å²) < 4.78 is 5.52. The van der Waals surface area contributed by atoms with E-state index in [1.165, 1.54) is 24.4 Å². The smallest absolute Gasteiger partial charge is 0.345 e. The highest BCUT2D eigenvalue weighted by atomic mass is 79.9. The Morgan fingerprint density at radius 1 is 1.39 bits per heavy atom. The second-order valence-electron chi connectivity index (χ2n) is 3.36. The summed E-state index contributed by atoms with van der Waals surface area (Å²) in [5.41, 5.74) is 0.0282. The Balaban J connectivity index is 2.29. The number of nitro benzene ring substituents is 1. The lowest BCUT2D eigenvalue weighted by Gasteiger charge is -2.04. The van der Waals surface area contributed by atoms with Crippen LogP contribution in [-0.4, -0.2) is 15.9 Å². The Morgan fingerprint density at radius 2 is 2.17 bits per heavy atom. The van der Waals surface area contributed by atoms with Crippen LogP contribution in [0.15, 0.2) is 41.1 Å². The fourth-order valence-corrected chi connectivity index (χ4v) is 1.68. The molecule has 1 heterocycles. The highest BCUT2D eigenvalue weighted by Gasteiger charge is 2.19. The number of benzene rings is 1. The second-order valence-corrected chi connectivity index (χ2v) is 4.27. The molecule has 0 aliphatic rings. The quantitative estimate of drug-likeness (QED) is 0.409. The minimum Gasteiger partial charge on any atom is -0.416 e. The summed E-state index contributed by atoms with van der Waals surface area (Å²) in [5, 5.41) is 10.8. The van der Waals surface area contributed by atoms with Crippen molar-refractivity contribution in [1.82, 2.24) is 4.98 Å². The highest BCUT2D eigenvalue weighted by Crippen LogP contribution is 2.30. The zero-order chi connectivity index (χ0) is 13.1. The first kappa shape index (κ1) is 12.3. The molecule has 0 atom stereocenters. The zero-order valence-corrected chi connectivity index (χ0v) is 10.5. The number of nitrogens with zero attached hydrogens (tertiary/aromatic N) is 1. The molecule has 6 nitrogen and oxygen atoms in total. The van der Waals surface area contributed by atoms with Gasteiger partial charge in [-0.25, -0.2) is 4.79 Å². The van der Waals surface area contributed by atoms with E-state index in [0.29, 0.717) is 10.0 Å². The molecule has 18 heavy (non-hydrogen) atoms. The summed E-state index contributed by atoms with van der Waals surface area (Å²) in [6, 6.07) is 5.73. The van der Waals surface area contributed by atoms with Gasteiger partial charge in [0.25, 0.3) is 0 Å². The number of nitro groups is 1. The SMILES string of the molecule is O=C(Oc1ccc(Br)cc1[N+](=O)[O-])c1cc[nH]c1. The number of esters is 1. The van der Waals surface area contributed by atoms with Gasteiger partial charge in [-0.1, -0.05) is 15.9 Å². The van der Waals surface area contributed by atoms with Crippen LogP contribution in [0.5, 0.6) is 5.75 Å². The van der Waals surface area contributed by atoms with Crippen LogP contribution in [0.3, 0.4) is 0 Å². The van der Waals surface area contributed by atoms with Gasteiger partial charge in [-0.3, -0.25) is 10.1 Å². The average Bonchev–Trinajstić information content (AvgIpc) is 2.84. The summed E-state index contributed by atoms with van der Waals surface area (Å²) in [6.45, 7) is 0. The highest BCUT2D eigenvalue weighted by molar-refractivity contribution is 9.10. The molecular formula is C11H7BrN2O4. The molecule has 0 aliphatic carbocycles. The molecule has 0 bridgehead atoms. The number of ether oxygens (including phenoxy) is 1. The van der Waals surface area contributed by atoms with E-state index in [-0.39, 0.29) is 11.4 Å². The maximum absolute atomic E-state index is 11.7. The van der Waals surface area contributed by atoms with Gasteiger partial charge in [-0.05, 0) is 18.2 Å². The van der Waals surface area contributed by atoms with Crippen LogP contribution in [-0.2, 0) is 0 Å². The van der Waals surface area contributed by atoms with E-state index in [9.17, 15) is 14.9 Å². The van der Waals surface area contributed by atoms with Crippen LogP contribution in [0, 0.1) is 10.1 Å². The van der Waals surface area contributed by atoms with Gasteiger partial charge in [0.15, 0.2) is 0 Å². The number of aromatic nitrogens is 1. The summed E-state index contributed by atoms with van der Waals surface area (Å²) in [4.78, 5) is 24.6. The van der Waals surface area contributed by atoms with E-state index in [2.05, 4.69) is 20.9 Å². The fourth-order valence-electron chi connectivity index (χ4n) is 1.33. The van der Waals surface area contributed by atoms with Gasteiger partial charge in [-0.2, -0.15) is 0 Å². The monoisotopic (exact) mass is 310 g/mol. The zero-order valence-electron chi connectivity index (χ0n) is 8.92. The number of aromatic amines is 1. The Bertz CT molecular complexity index is 595. The number of carbonyl (C=O) groups excluding carboxylic acids is 1. The third kappa shape index (κ3) is 2.57. The molecule has 7 heteroatoms. The van der Waals surface area contributed by atoms with Gasteiger partial charge >= 0.3 is 11.7 Å². The number of rotatable bonds is 3. The first-order chi connectivity index (χ1) is 8.58. The lowest BCUT2D eigenvalue weighted by molar-refractivity contribution is -0.385. The molecule has 2 rings (SSSR count). The molecule has 0 saturated heterocycles. The van der Waals surface area contributed by atoms with Crippen molar-refractivity contribution in [3.8, 4) is 5.75 Å². The topological polar surface area (TPSA) is 85.2 Å². The van der Waals surface area contributed by atoms with Crippen LogP contribution < -0.4 is 4.74 Å². The van der Waals surface area contributed by atoms with Crippen molar-refractivity contribution in [3.05, 3.63) is 56.8 Å². The van der Waals surface area contributed by atoms with E-state index < -0.39 is 10.9 Å². The molecule has 0 radical (unpaired) electrons. The number of H-pyrrole nitrogens is 1. The number of hydrogen-bond acceptors (Lipinski definition) is 4. The van der Waals surface area contributed by atoms with Gasteiger partial charge < -0.3 is 9.72 Å². The van der Waals surface area contributed by atoms with Crippen molar-refractivity contribution in [1.29, 1.82) is 0 Å². The summed E-state index contributed by atoms with van der Waals surface area (Å²) >= 11 is 3.12. The van der Waals surface area contributed by atoms with Gasteiger partial charge in [0.05, 0.1) is 10.5 Å². The van der Waals surface area contributed by atoms with Crippen molar-refractivity contribution in [2.75, 3.05) is 0 Å². The normalized spacial score (nSPS) is 10.1. The molecule has 0 amide bonds. The fraction of sp³-hybridized carbons (Fsp3) is 0. The third-order valence-electron chi connectivity index (χ3n) is 2.15. The number of hydrogen-bond donors (Lipinski definition) is 1. The molecule has 0 saturated carbocycles. The van der Waals surface area contributed by atoms with E-state index in [1.807, 2.05) is 0 Å². The molecule has 1 aromatic heterocycles. The number of halogens is 1. The maximum Gasteiger partial charge on any atom is 0.345 e. The van der Waals surface area contributed by atoms with E-state index in [4.69, 9.17) is 4.74 Å². The lowest BCUT2D eigenvalue weighted by atomic mass is 10.3. The van der Waals surface area contributed by atoms with Crippen molar-refractivity contribution in [3.63, 3.8) is 0 Å². The van der Waals surface area contributed by atoms with Crippen molar-refractivity contribution in [2.24, 2.45) is 0 Å². The minimum atomic E-state index is -0.651. The standard InChI is InChI=1S/C11H7BrN2O4/c12-8-1-2-10(9(5-8)14(16)17)18-11(15)7-3-4-13-6-7/h1-6,13H. The summed E-state index contributed by atoms with van der Waals surface area (Å²) in [6.07, 6.45) is 3.01. The van der Waals surface area contributed by atoms with Crippen molar-refractivity contribution < 1.29 is 14.5 Å². The molecular weight excluding hydrogens is 304 g/mol. The van der Waals surface area contributed by atoms with Crippen LogP contribution in [0.4, 0.5) is 5.69 Å². The molecule has 1 N–H and O–H groups in total. The van der Waals surface area contributed by atoms with Crippen LogP contribution in [0.25, 0.3) is 0 Å². The second kappa shape index (κ2) is 5.01. The Labute approximate surface area is 110 Å². The summed E-state index contributed by atoms with van der Waals surface area (Å²) in [5.74, 6) is -0.740. The van der Waals surface area contributed by atoms with Gasteiger partial charge in [0.1, 0.15) is 0 Å². The van der Waals surface area contributed by atoms with Crippen molar-refractivity contribution >= 4 is 27.6 Å². The molecule has 2 aromatic rings. The molecule has 0 aliphatic heterocycles. The Morgan fingerprint density at radius 3 is 2.78 bits per heavy atom. The molecule has 0 fully saturated rings. The molecule has 92 valence electrons. The summed E-state index contributed by atoms with van der Waals surface area (Å²) in [7, 11) is 0. The van der Waals surface area contributed by atoms with Crippen molar-refractivity contribution in [2.45, 2.75) is 0 Å². The van der Waals surface area contributed by atoms with E-state index in [0.717, 1.165) is 0 Å². The molecule has 0 unspecified atom stereocenters. The number of nitrogens with one attached hydrogen (secondary N) is 1. The van der Waals surface area contributed by atoms with E-state index in [1.54, 1.807) is 12.3 Å². The molecule has 0 spiro atoms. The Kier molecular flexibility index (Phi) is 3.42. The number of carbonyl (C=O) groups is 1. The van der Waals surface area contributed by atoms with Crippen LogP contribution in [0.2, 0.25) is 0 Å². The minimum absolute atomic E-state index is 0.0885. The molecule has 1 aromatic carbocycles. The average molecular weight is 311 g/mol. The largest absolute Gasteiger partial charge is 0.416 e. The first-order valence-corrected chi connectivity index (χ1v) is 5.66. The maximum atomic E-state index is 11.7. The lowest BCUT2D eigenvalue weighted by Crippen LogP contribution is -2.08. The van der Waals surface area contributed by atoms with E-state index >= 15 is 0 Å². The third-order valence-corrected chi connectivity index (χ3v) is 2.65. The first-order valence-electron chi connectivity index (χ1n) is 4.87. The van der Waals surface area contributed by atoms with Gasteiger partial charge in [-0.15, -0.1) is 0 Å². The Hall–Kier alpha value is -2.15. The van der Waals surface area contributed by atoms with Crippen LogP contribution >= 0.6 is 15.9 Å². The predicted molar refractivity (Wildman–Crippen MR) is 66.5 cm³/mol. The predicted octanol–water partition coefficient (Wildman–Crippen LogP) is 2.90. The van der Waals surface area contributed by atoms with Gasteiger partial charge in [0.2, 0.25) is 5.75 Å².